The second kappa shape index (κ2) is 59.9. The number of allylic oxidation sites excluding steroid dienone is 2. The third kappa shape index (κ3) is 40.4. The first-order valence-corrected chi connectivity index (χ1v) is 40.4. The smallest absolute Gasteiger partial charge is 0.220 e. The lowest BCUT2D eigenvalue weighted by Gasteiger charge is -2.48. The first-order valence-electron chi connectivity index (χ1n) is 40.4. The van der Waals surface area contributed by atoms with Gasteiger partial charge in [0, 0.05) is 6.42 Å². The van der Waals surface area contributed by atoms with Crippen LogP contribution >= 0.6 is 0 Å². The molecule has 0 aliphatic carbocycles. The van der Waals surface area contributed by atoms with E-state index < -0.39 is 124 Å². The summed E-state index contributed by atoms with van der Waals surface area (Å²) in [5.41, 5.74) is 0. The summed E-state index contributed by atoms with van der Waals surface area (Å²) in [6, 6.07) is -0.884. The van der Waals surface area contributed by atoms with Gasteiger partial charge in [-0.2, -0.15) is 0 Å². The van der Waals surface area contributed by atoms with Gasteiger partial charge in [0.05, 0.1) is 38.6 Å². The largest absolute Gasteiger partial charge is 0.394 e. The Morgan fingerprint density at radius 1 is 0.361 bits per heavy atom. The summed E-state index contributed by atoms with van der Waals surface area (Å²) in [4.78, 5) is 13.5. The predicted octanol–water partition coefficient (Wildman–Crippen LogP) is 13.2. The normalized spacial score (nSPS) is 26.9. The summed E-state index contributed by atoms with van der Waals surface area (Å²) in [7, 11) is 0. The lowest BCUT2D eigenvalue weighted by Crippen LogP contribution is -2.66. The van der Waals surface area contributed by atoms with Crippen LogP contribution in [0.3, 0.4) is 0 Å². The van der Waals surface area contributed by atoms with Gasteiger partial charge in [-0.05, 0) is 38.5 Å². The minimum absolute atomic E-state index is 0.234. The molecule has 19 nitrogen and oxygen atoms in total. The van der Waals surface area contributed by atoms with Crippen molar-refractivity contribution in [1.29, 1.82) is 0 Å². The van der Waals surface area contributed by atoms with Gasteiger partial charge in [0.1, 0.15) is 73.2 Å². The third-order valence-electron chi connectivity index (χ3n) is 20.6. The van der Waals surface area contributed by atoms with Crippen molar-refractivity contribution < 1.29 is 89.4 Å². The lowest BCUT2D eigenvalue weighted by molar-refractivity contribution is -0.379. The molecule has 0 aromatic rings. The fourth-order valence-electron chi connectivity index (χ4n) is 14.1. The summed E-state index contributed by atoms with van der Waals surface area (Å²) < 4.78 is 34.5. The van der Waals surface area contributed by atoms with Crippen LogP contribution in [0.1, 0.15) is 348 Å². The van der Waals surface area contributed by atoms with Gasteiger partial charge in [0.25, 0.3) is 0 Å². The molecule has 3 heterocycles. The molecule has 17 unspecified atom stereocenters. The van der Waals surface area contributed by atoms with Crippen molar-refractivity contribution in [3.8, 4) is 0 Å². The Balaban J connectivity index is 1.34. The Bertz CT molecular complexity index is 1800. The molecule has 19 heteroatoms. The van der Waals surface area contributed by atoms with Gasteiger partial charge >= 0.3 is 0 Å². The highest BCUT2D eigenvalue weighted by atomic mass is 16.8. The van der Waals surface area contributed by atoms with Crippen molar-refractivity contribution in [2.45, 2.75) is 452 Å². The molecule has 0 saturated carbocycles. The Hall–Kier alpha value is -1.47. The third-order valence-corrected chi connectivity index (χ3v) is 20.6. The van der Waals surface area contributed by atoms with Crippen LogP contribution in [0.5, 0.6) is 0 Å². The highest BCUT2D eigenvalue weighted by Gasteiger charge is 2.54. The van der Waals surface area contributed by atoms with Crippen LogP contribution in [0.2, 0.25) is 0 Å². The molecule has 3 aliphatic rings. The first kappa shape index (κ1) is 89.7. The van der Waals surface area contributed by atoms with Gasteiger partial charge in [-0.3, -0.25) is 4.79 Å². The quantitative estimate of drug-likeness (QED) is 0.0199. The van der Waals surface area contributed by atoms with Crippen LogP contribution < -0.4 is 5.32 Å². The van der Waals surface area contributed by atoms with E-state index in [1.54, 1.807) is 0 Å². The summed E-state index contributed by atoms with van der Waals surface area (Å²) in [5.74, 6) is -0.234. The fourth-order valence-corrected chi connectivity index (χ4v) is 14.1. The van der Waals surface area contributed by atoms with Gasteiger partial charge in [0.15, 0.2) is 18.9 Å². The summed E-state index contributed by atoms with van der Waals surface area (Å²) in [6.45, 7) is 1.86. The molecular weight excluding hydrogens is 1240 g/mol. The molecule has 3 rings (SSSR count). The van der Waals surface area contributed by atoms with Crippen LogP contribution in [0.25, 0.3) is 0 Å². The molecular formula is C78H149NO18. The molecule has 3 saturated heterocycles. The minimum atomic E-state index is -1.97. The van der Waals surface area contributed by atoms with Crippen LogP contribution in [-0.4, -0.2) is 193 Å². The fraction of sp³-hybridized carbons (Fsp3) is 0.962. The van der Waals surface area contributed by atoms with E-state index in [2.05, 4.69) is 31.3 Å². The van der Waals surface area contributed by atoms with Crippen LogP contribution in [0, 0.1) is 0 Å². The number of aliphatic hydroxyl groups is 11. The van der Waals surface area contributed by atoms with Gasteiger partial charge in [0.2, 0.25) is 5.91 Å². The average molecular weight is 1390 g/mol. The van der Waals surface area contributed by atoms with Crippen LogP contribution in [0.4, 0.5) is 0 Å². The second-order valence-corrected chi connectivity index (χ2v) is 29.2. The SMILES string of the molecule is CCCCCCCCCC/C=C\CCCCCCCCCCCCCCCCCCCCCCCC(=O)NC(COC1OC(CO)C(OC2OC(CO)C(OC3OC(CO)C(O)C(O)C3O)C(O)C2O)C(O)C1O)C(O)CCCCCCCCCCCCCCCCCCCCC. The molecule has 97 heavy (non-hydrogen) atoms. The standard InChI is InChI=1S/C78H149NO18/c1-3-5-7-9-11-13-15-17-19-21-23-24-25-26-27-28-29-30-31-32-33-34-35-36-38-40-42-44-46-48-50-52-54-56-66(84)79-61(62(83)55-53-51-49-47-45-43-41-39-37-22-20-18-16-14-12-10-8-6-4-2)60-92-76-72(90)69(87)74(64(58-81)94-76)97-78-73(91)70(88)75(65(59-82)95-78)96-77-71(89)68(86)67(85)63(57-80)93-77/h21,23,61-65,67-78,80-83,85-91H,3-20,22,24-60H2,1-2H3,(H,79,84)/b23-21-. The van der Waals surface area contributed by atoms with Crippen LogP contribution in [0.15, 0.2) is 12.2 Å². The van der Waals surface area contributed by atoms with Crippen molar-refractivity contribution in [2.24, 2.45) is 0 Å². The van der Waals surface area contributed by atoms with Crippen molar-refractivity contribution in [3.63, 3.8) is 0 Å². The molecule has 0 aromatic heterocycles. The molecule has 574 valence electrons. The molecule has 0 spiro atoms. The van der Waals surface area contributed by atoms with Gasteiger partial charge in [-0.1, -0.05) is 315 Å². The van der Waals surface area contributed by atoms with E-state index >= 15 is 0 Å². The van der Waals surface area contributed by atoms with E-state index in [1.165, 1.54) is 270 Å². The number of carbonyl (C=O) groups is 1. The molecule has 0 bridgehead atoms. The van der Waals surface area contributed by atoms with Crippen LogP contribution in [-0.2, 0) is 33.2 Å². The Labute approximate surface area is 588 Å². The van der Waals surface area contributed by atoms with Gasteiger partial charge < -0.3 is 89.9 Å². The number of hydrogen-bond donors (Lipinski definition) is 12. The monoisotopic (exact) mass is 1390 g/mol. The minimum Gasteiger partial charge on any atom is -0.394 e. The highest BCUT2D eigenvalue weighted by molar-refractivity contribution is 5.76. The zero-order chi connectivity index (χ0) is 70.4. The number of unbranched alkanes of at least 4 members (excludes halogenated alkanes) is 47. The number of hydrogen-bond acceptors (Lipinski definition) is 18. The number of carbonyl (C=O) groups excluding carboxylic acids is 1. The van der Waals surface area contributed by atoms with E-state index in [9.17, 15) is 61.0 Å². The Morgan fingerprint density at radius 2 is 0.649 bits per heavy atom. The zero-order valence-electron chi connectivity index (χ0n) is 61.3. The number of nitrogens with one attached hydrogen (secondary N) is 1. The van der Waals surface area contributed by atoms with E-state index in [0.29, 0.717) is 12.8 Å². The average Bonchev–Trinajstić information content (AvgIpc) is 0.845. The number of amides is 1. The zero-order valence-corrected chi connectivity index (χ0v) is 61.3. The maximum atomic E-state index is 13.5. The predicted molar refractivity (Wildman–Crippen MR) is 383 cm³/mol. The molecule has 12 N–H and O–H groups in total. The lowest BCUT2D eigenvalue weighted by atomic mass is 9.96. The van der Waals surface area contributed by atoms with Crippen molar-refractivity contribution >= 4 is 5.91 Å². The highest BCUT2D eigenvalue weighted by Crippen LogP contribution is 2.33. The maximum Gasteiger partial charge on any atom is 0.220 e. The van der Waals surface area contributed by atoms with Gasteiger partial charge in [-0.15, -0.1) is 0 Å². The molecule has 0 aromatic carbocycles. The number of aliphatic hydroxyl groups excluding tert-OH is 11. The molecule has 17 atom stereocenters. The van der Waals surface area contributed by atoms with Crippen molar-refractivity contribution in [2.75, 3.05) is 26.4 Å². The maximum absolute atomic E-state index is 13.5. The summed E-state index contributed by atoms with van der Waals surface area (Å²) >= 11 is 0. The van der Waals surface area contributed by atoms with Crippen molar-refractivity contribution in [3.05, 3.63) is 12.2 Å². The van der Waals surface area contributed by atoms with E-state index in [-0.39, 0.29) is 18.9 Å². The van der Waals surface area contributed by atoms with E-state index in [4.69, 9.17) is 28.4 Å². The summed E-state index contributed by atoms with van der Waals surface area (Å²) in [6.07, 6.45) is 43.1. The Morgan fingerprint density at radius 3 is 1.00 bits per heavy atom. The molecule has 3 aliphatic heterocycles. The Kier molecular flexibility index (Phi) is 55.4. The number of rotatable bonds is 65. The second-order valence-electron chi connectivity index (χ2n) is 29.2. The molecule has 1 amide bonds. The molecule has 3 fully saturated rings. The van der Waals surface area contributed by atoms with E-state index in [1.807, 2.05) is 0 Å². The number of ether oxygens (including phenoxy) is 6. The van der Waals surface area contributed by atoms with Crippen molar-refractivity contribution in [1.82, 2.24) is 5.32 Å². The first-order chi connectivity index (χ1) is 47.3. The van der Waals surface area contributed by atoms with E-state index in [0.717, 1.165) is 44.9 Å². The summed E-state index contributed by atoms with van der Waals surface area (Å²) in [5, 5.41) is 121. The molecule has 0 radical (unpaired) electrons. The topological polar surface area (TPSA) is 307 Å². The van der Waals surface area contributed by atoms with Gasteiger partial charge in [-0.25, -0.2) is 0 Å².